The molecular weight excluding hydrogens is 208 g/mol. The van der Waals surface area contributed by atoms with Crippen molar-refractivity contribution in [2.24, 2.45) is 11.7 Å². The summed E-state index contributed by atoms with van der Waals surface area (Å²) >= 11 is 0. The van der Waals surface area contributed by atoms with Gasteiger partial charge in [-0.05, 0) is 30.0 Å². The Morgan fingerprint density at radius 2 is 2.12 bits per heavy atom. The maximum atomic E-state index is 6.11. The van der Waals surface area contributed by atoms with Crippen LogP contribution >= 0.6 is 0 Å². The molecule has 2 N–H and O–H groups in total. The smallest absolute Gasteiger partial charge is 0.0234 e. The predicted octanol–water partition coefficient (Wildman–Crippen LogP) is 2.37. The average Bonchev–Trinajstić information content (AvgIpc) is 2.35. The number of likely N-dealkylation sites (tertiary alicyclic amines) is 1. The molecule has 2 rings (SSSR count). The summed E-state index contributed by atoms with van der Waals surface area (Å²) in [5, 5.41) is 0. The summed E-state index contributed by atoms with van der Waals surface area (Å²) in [7, 11) is 0. The van der Waals surface area contributed by atoms with Gasteiger partial charge < -0.3 is 5.73 Å². The highest BCUT2D eigenvalue weighted by Crippen LogP contribution is 2.19. The second kappa shape index (κ2) is 5.48. The number of rotatable bonds is 3. The van der Waals surface area contributed by atoms with Crippen LogP contribution in [0.4, 0.5) is 0 Å². The van der Waals surface area contributed by atoms with Crippen molar-refractivity contribution >= 4 is 5.57 Å². The molecule has 1 saturated heterocycles. The molecule has 0 bridgehead atoms. The molecule has 1 heterocycles. The topological polar surface area (TPSA) is 29.3 Å². The molecule has 2 unspecified atom stereocenters. The molecule has 1 aliphatic rings. The quantitative estimate of drug-likeness (QED) is 0.863. The lowest BCUT2D eigenvalue weighted by atomic mass is 9.93. The molecule has 0 spiro atoms. The second-order valence-electron chi connectivity index (χ2n) is 5.13. The number of hydrogen-bond acceptors (Lipinski definition) is 2. The molecule has 0 saturated carbocycles. The van der Waals surface area contributed by atoms with Gasteiger partial charge in [-0.25, -0.2) is 0 Å². The van der Waals surface area contributed by atoms with Crippen LogP contribution < -0.4 is 5.73 Å². The van der Waals surface area contributed by atoms with Crippen molar-refractivity contribution in [1.82, 2.24) is 4.90 Å². The Balaban J connectivity index is 1.92. The highest BCUT2D eigenvalue weighted by molar-refractivity contribution is 5.64. The van der Waals surface area contributed by atoms with E-state index in [1.54, 1.807) is 0 Å². The van der Waals surface area contributed by atoms with Gasteiger partial charge in [-0.3, -0.25) is 4.90 Å². The maximum Gasteiger partial charge on any atom is 0.0234 e. The molecule has 1 aromatic carbocycles. The molecular formula is C15H22N2. The van der Waals surface area contributed by atoms with Gasteiger partial charge in [-0.1, -0.05) is 43.8 Å². The summed E-state index contributed by atoms with van der Waals surface area (Å²) in [6.45, 7) is 9.49. The first-order valence-electron chi connectivity index (χ1n) is 6.38. The summed E-state index contributed by atoms with van der Waals surface area (Å²) in [4.78, 5) is 2.42. The van der Waals surface area contributed by atoms with Crippen molar-refractivity contribution in [2.75, 3.05) is 19.6 Å². The Morgan fingerprint density at radius 3 is 2.76 bits per heavy atom. The van der Waals surface area contributed by atoms with E-state index in [-0.39, 0.29) is 0 Å². The Labute approximate surface area is 104 Å². The molecule has 0 aliphatic carbocycles. The number of nitrogens with zero attached hydrogens (tertiary/aromatic N) is 1. The first kappa shape index (κ1) is 12.3. The first-order valence-corrected chi connectivity index (χ1v) is 6.38. The van der Waals surface area contributed by atoms with E-state index in [9.17, 15) is 0 Å². The van der Waals surface area contributed by atoms with E-state index in [1.807, 2.05) is 6.07 Å². The number of nitrogens with two attached hydrogens (primary N) is 1. The van der Waals surface area contributed by atoms with Crippen LogP contribution in [0.5, 0.6) is 0 Å². The minimum absolute atomic E-state index is 0.312. The maximum absolute atomic E-state index is 6.11. The van der Waals surface area contributed by atoms with Crippen LogP contribution in [0.3, 0.4) is 0 Å². The highest BCUT2D eigenvalue weighted by Gasteiger charge is 2.23. The normalized spacial score (nSPS) is 25.8. The van der Waals surface area contributed by atoms with E-state index in [4.69, 9.17) is 5.73 Å². The Hall–Kier alpha value is -1.12. The van der Waals surface area contributed by atoms with Crippen molar-refractivity contribution in [3.63, 3.8) is 0 Å². The third kappa shape index (κ3) is 3.18. The summed E-state index contributed by atoms with van der Waals surface area (Å²) in [6.07, 6.45) is 1.20. The standard InChI is InChI=1S/C15H22N2/c1-12-8-9-17(11-15(12)16)10-13(2)14-6-4-3-5-7-14/h3-7,12,15H,2,8-11,16H2,1H3. The van der Waals surface area contributed by atoms with Crippen molar-refractivity contribution in [3.8, 4) is 0 Å². The van der Waals surface area contributed by atoms with Crippen molar-refractivity contribution < 1.29 is 0 Å². The fraction of sp³-hybridized carbons (Fsp3) is 0.467. The van der Waals surface area contributed by atoms with Crippen LogP contribution in [-0.2, 0) is 0 Å². The Bertz CT molecular complexity index is 372. The summed E-state index contributed by atoms with van der Waals surface area (Å²) in [5.74, 6) is 0.649. The largest absolute Gasteiger partial charge is 0.326 e. The van der Waals surface area contributed by atoms with E-state index < -0.39 is 0 Å². The molecule has 0 radical (unpaired) electrons. The molecule has 1 fully saturated rings. The van der Waals surface area contributed by atoms with E-state index in [1.165, 1.54) is 17.6 Å². The van der Waals surface area contributed by atoms with Gasteiger partial charge in [0.05, 0.1) is 0 Å². The molecule has 92 valence electrons. The van der Waals surface area contributed by atoms with E-state index in [2.05, 4.69) is 42.7 Å². The minimum atomic E-state index is 0.312. The zero-order chi connectivity index (χ0) is 12.3. The lowest BCUT2D eigenvalue weighted by molar-refractivity contribution is 0.186. The van der Waals surface area contributed by atoms with Gasteiger partial charge in [0.1, 0.15) is 0 Å². The van der Waals surface area contributed by atoms with Crippen molar-refractivity contribution in [2.45, 2.75) is 19.4 Å². The Morgan fingerprint density at radius 1 is 1.41 bits per heavy atom. The lowest BCUT2D eigenvalue weighted by Crippen LogP contribution is -2.47. The van der Waals surface area contributed by atoms with Crippen LogP contribution in [0.1, 0.15) is 18.9 Å². The van der Waals surface area contributed by atoms with Crippen molar-refractivity contribution in [1.29, 1.82) is 0 Å². The van der Waals surface area contributed by atoms with Gasteiger partial charge in [0.15, 0.2) is 0 Å². The van der Waals surface area contributed by atoms with Crippen LogP contribution in [0.15, 0.2) is 36.9 Å². The third-order valence-electron chi connectivity index (χ3n) is 3.70. The highest BCUT2D eigenvalue weighted by atomic mass is 15.1. The monoisotopic (exact) mass is 230 g/mol. The molecule has 2 heteroatoms. The molecule has 1 aliphatic heterocycles. The molecule has 0 aromatic heterocycles. The van der Waals surface area contributed by atoms with Gasteiger partial charge in [0.2, 0.25) is 0 Å². The second-order valence-corrected chi connectivity index (χ2v) is 5.13. The SMILES string of the molecule is C=C(CN1CCC(C)C(N)C1)c1ccccc1. The van der Waals surface area contributed by atoms with Crippen LogP contribution in [0.2, 0.25) is 0 Å². The predicted molar refractivity (Wildman–Crippen MR) is 73.7 cm³/mol. The lowest BCUT2D eigenvalue weighted by Gasteiger charge is -2.35. The fourth-order valence-corrected chi connectivity index (χ4v) is 2.35. The molecule has 1 aromatic rings. The van der Waals surface area contributed by atoms with Gasteiger partial charge in [-0.15, -0.1) is 0 Å². The molecule has 2 atom stereocenters. The fourth-order valence-electron chi connectivity index (χ4n) is 2.35. The summed E-state index contributed by atoms with van der Waals surface area (Å²) in [5.41, 5.74) is 8.53. The van der Waals surface area contributed by atoms with Crippen LogP contribution in [0, 0.1) is 5.92 Å². The minimum Gasteiger partial charge on any atom is -0.326 e. The first-order chi connectivity index (χ1) is 8.16. The summed E-state index contributed by atoms with van der Waals surface area (Å²) < 4.78 is 0. The molecule has 2 nitrogen and oxygen atoms in total. The van der Waals surface area contributed by atoms with Gasteiger partial charge in [-0.2, -0.15) is 0 Å². The zero-order valence-corrected chi connectivity index (χ0v) is 10.6. The zero-order valence-electron chi connectivity index (χ0n) is 10.6. The third-order valence-corrected chi connectivity index (χ3v) is 3.70. The van der Waals surface area contributed by atoms with Gasteiger partial charge in [0.25, 0.3) is 0 Å². The van der Waals surface area contributed by atoms with Crippen LogP contribution in [-0.4, -0.2) is 30.6 Å². The average molecular weight is 230 g/mol. The summed E-state index contributed by atoms with van der Waals surface area (Å²) in [6, 6.07) is 10.7. The van der Waals surface area contributed by atoms with E-state index in [0.29, 0.717) is 12.0 Å². The molecule has 17 heavy (non-hydrogen) atoms. The van der Waals surface area contributed by atoms with E-state index in [0.717, 1.165) is 19.6 Å². The van der Waals surface area contributed by atoms with Gasteiger partial charge in [0, 0.05) is 19.1 Å². The van der Waals surface area contributed by atoms with E-state index >= 15 is 0 Å². The van der Waals surface area contributed by atoms with Crippen molar-refractivity contribution in [3.05, 3.63) is 42.5 Å². The molecule has 0 amide bonds. The number of hydrogen-bond donors (Lipinski definition) is 1. The Kier molecular flexibility index (Phi) is 3.97. The van der Waals surface area contributed by atoms with Crippen LogP contribution in [0.25, 0.3) is 5.57 Å². The van der Waals surface area contributed by atoms with Gasteiger partial charge >= 0.3 is 0 Å². The number of piperidine rings is 1. The number of benzene rings is 1.